The fourth-order valence-corrected chi connectivity index (χ4v) is 2.40. The summed E-state index contributed by atoms with van der Waals surface area (Å²) in [6.07, 6.45) is 1.54. The Balaban J connectivity index is 1.67. The second-order valence-corrected chi connectivity index (χ2v) is 5.52. The topological polar surface area (TPSA) is 83.6 Å². The molecule has 2 N–H and O–H groups in total. The van der Waals surface area contributed by atoms with Crippen LogP contribution in [0.1, 0.15) is 24.1 Å². The zero-order valence-corrected chi connectivity index (χ0v) is 13.0. The van der Waals surface area contributed by atoms with Crippen LogP contribution in [0.25, 0.3) is 0 Å². The molecular weight excluding hydrogens is 286 g/mol. The van der Waals surface area contributed by atoms with E-state index in [2.05, 4.69) is 25.5 Å². The molecule has 0 aliphatic rings. The lowest BCUT2D eigenvalue weighted by Crippen LogP contribution is -2.27. The van der Waals surface area contributed by atoms with Crippen molar-refractivity contribution < 1.29 is 4.79 Å². The zero-order valence-electron chi connectivity index (χ0n) is 12.2. The van der Waals surface area contributed by atoms with Crippen molar-refractivity contribution in [1.29, 1.82) is 0 Å². The van der Waals surface area contributed by atoms with Gasteiger partial charge in [-0.2, -0.15) is 0 Å². The second-order valence-electron chi connectivity index (χ2n) is 4.58. The maximum absolute atomic E-state index is 11.7. The molecule has 1 amide bonds. The van der Waals surface area contributed by atoms with Crippen molar-refractivity contribution in [3.05, 3.63) is 35.4 Å². The molecule has 6 nitrogen and oxygen atoms in total. The van der Waals surface area contributed by atoms with Gasteiger partial charge in [-0.25, -0.2) is 4.98 Å². The molecule has 0 aromatic carbocycles. The monoisotopic (exact) mass is 305 g/mol. The average Bonchev–Trinajstić information content (AvgIpc) is 2.93. The van der Waals surface area contributed by atoms with Crippen LogP contribution in [0.5, 0.6) is 0 Å². The van der Waals surface area contributed by atoms with Crippen molar-refractivity contribution in [3.8, 4) is 0 Å². The van der Waals surface area contributed by atoms with Crippen molar-refractivity contribution >= 4 is 17.7 Å². The first-order chi connectivity index (χ1) is 10.2. The Morgan fingerprint density at radius 3 is 2.95 bits per heavy atom. The standard InChI is InChI=1S/C14H19N5OS/c1-3-12-17-14(19-18-12)21-9-13(20)15-8-7-11-6-4-5-10(2)16-11/h4-6H,3,7-9H2,1-2H3,(H,15,20)(H,17,18,19). The molecule has 0 bridgehead atoms. The van der Waals surface area contributed by atoms with E-state index in [4.69, 9.17) is 0 Å². The highest BCUT2D eigenvalue weighted by atomic mass is 32.2. The molecule has 2 heterocycles. The van der Waals surface area contributed by atoms with Crippen LogP contribution in [0.15, 0.2) is 23.4 Å². The van der Waals surface area contributed by atoms with Gasteiger partial charge in [0.1, 0.15) is 5.82 Å². The minimum absolute atomic E-state index is 0.0181. The van der Waals surface area contributed by atoms with E-state index in [1.54, 1.807) is 0 Å². The summed E-state index contributed by atoms with van der Waals surface area (Å²) in [4.78, 5) is 20.4. The predicted octanol–water partition coefficient (Wildman–Crippen LogP) is 1.52. The number of amides is 1. The Labute approximate surface area is 128 Å². The first-order valence-electron chi connectivity index (χ1n) is 6.90. The summed E-state index contributed by atoms with van der Waals surface area (Å²) in [6.45, 7) is 4.55. The minimum Gasteiger partial charge on any atom is -0.355 e. The number of H-pyrrole nitrogens is 1. The third-order valence-electron chi connectivity index (χ3n) is 2.83. The molecule has 0 atom stereocenters. The summed E-state index contributed by atoms with van der Waals surface area (Å²) < 4.78 is 0. The summed E-state index contributed by atoms with van der Waals surface area (Å²) in [5, 5.41) is 10.3. The molecule has 112 valence electrons. The van der Waals surface area contributed by atoms with E-state index in [9.17, 15) is 4.79 Å². The highest BCUT2D eigenvalue weighted by Gasteiger charge is 2.06. The van der Waals surface area contributed by atoms with Crippen LogP contribution in [0.3, 0.4) is 0 Å². The van der Waals surface area contributed by atoms with E-state index in [0.29, 0.717) is 17.5 Å². The first kappa shape index (κ1) is 15.5. The quantitative estimate of drug-likeness (QED) is 0.758. The van der Waals surface area contributed by atoms with Crippen molar-refractivity contribution in [2.45, 2.75) is 31.8 Å². The Morgan fingerprint density at radius 1 is 1.38 bits per heavy atom. The van der Waals surface area contributed by atoms with Crippen LogP contribution in [-0.2, 0) is 17.6 Å². The van der Waals surface area contributed by atoms with Gasteiger partial charge < -0.3 is 5.32 Å². The fraction of sp³-hybridized carbons (Fsp3) is 0.429. The Morgan fingerprint density at radius 2 is 2.24 bits per heavy atom. The lowest BCUT2D eigenvalue weighted by atomic mass is 10.2. The third-order valence-corrected chi connectivity index (χ3v) is 3.68. The maximum atomic E-state index is 11.7. The van der Waals surface area contributed by atoms with Crippen molar-refractivity contribution in [2.75, 3.05) is 12.3 Å². The molecule has 2 rings (SSSR count). The van der Waals surface area contributed by atoms with E-state index < -0.39 is 0 Å². The number of carbonyl (C=O) groups is 1. The van der Waals surface area contributed by atoms with Gasteiger partial charge in [0.15, 0.2) is 0 Å². The summed E-state index contributed by atoms with van der Waals surface area (Å²) in [6, 6.07) is 5.90. The van der Waals surface area contributed by atoms with Gasteiger partial charge in [-0.3, -0.25) is 14.9 Å². The number of aromatic nitrogens is 4. The molecule has 0 aliphatic heterocycles. The van der Waals surface area contributed by atoms with Gasteiger partial charge in [0.25, 0.3) is 0 Å². The largest absolute Gasteiger partial charge is 0.355 e. The average molecular weight is 305 g/mol. The fourth-order valence-electron chi connectivity index (χ4n) is 1.75. The van der Waals surface area contributed by atoms with Crippen LogP contribution in [-0.4, -0.2) is 38.4 Å². The molecule has 2 aromatic rings. The van der Waals surface area contributed by atoms with Gasteiger partial charge >= 0.3 is 0 Å². The van der Waals surface area contributed by atoms with Crippen LogP contribution >= 0.6 is 11.8 Å². The number of nitrogens with zero attached hydrogens (tertiary/aromatic N) is 3. The molecule has 0 spiro atoms. The van der Waals surface area contributed by atoms with E-state index in [1.807, 2.05) is 32.0 Å². The number of aryl methyl sites for hydroxylation is 2. The Hall–Kier alpha value is -1.89. The number of nitrogens with one attached hydrogen (secondary N) is 2. The molecule has 0 saturated carbocycles. The van der Waals surface area contributed by atoms with Crippen molar-refractivity contribution in [2.24, 2.45) is 0 Å². The highest BCUT2D eigenvalue weighted by molar-refractivity contribution is 7.99. The van der Waals surface area contributed by atoms with Crippen LogP contribution in [0.2, 0.25) is 0 Å². The Kier molecular flexibility index (Phi) is 5.74. The van der Waals surface area contributed by atoms with E-state index in [1.165, 1.54) is 11.8 Å². The summed E-state index contributed by atoms with van der Waals surface area (Å²) in [5.41, 5.74) is 1.98. The number of carbonyl (C=O) groups excluding carboxylic acids is 1. The number of pyridine rings is 1. The van der Waals surface area contributed by atoms with Crippen LogP contribution in [0.4, 0.5) is 0 Å². The minimum atomic E-state index is -0.0181. The number of thioether (sulfide) groups is 1. The van der Waals surface area contributed by atoms with Gasteiger partial charge in [0, 0.05) is 30.8 Å². The van der Waals surface area contributed by atoms with E-state index in [0.717, 1.165) is 30.1 Å². The Bertz CT molecular complexity index is 599. The molecular formula is C14H19N5OS. The molecule has 2 aromatic heterocycles. The SMILES string of the molecule is CCc1nc(SCC(=O)NCCc2cccc(C)n2)n[nH]1. The summed E-state index contributed by atoms with van der Waals surface area (Å²) in [7, 11) is 0. The second kappa shape index (κ2) is 7.78. The lowest BCUT2D eigenvalue weighted by molar-refractivity contribution is -0.118. The lowest BCUT2D eigenvalue weighted by Gasteiger charge is -2.04. The van der Waals surface area contributed by atoms with Gasteiger partial charge in [0.05, 0.1) is 5.75 Å². The number of aromatic amines is 1. The van der Waals surface area contributed by atoms with Crippen LogP contribution < -0.4 is 5.32 Å². The molecule has 0 radical (unpaired) electrons. The van der Waals surface area contributed by atoms with Gasteiger partial charge in [-0.1, -0.05) is 24.8 Å². The van der Waals surface area contributed by atoms with Crippen molar-refractivity contribution in [3.63, 3.8) is 0 Å². The molecule has 0 unspecified atom stereocenters. The third kappa shape index (κ3) is 5.18. The first-order valence-corrected chi connectivity index (χ1v) is 7.89. The van der Waals surface area contributed by atoms with E-state index in [-0.39, 0.29) is 5.91 Å². The molecule has 21 heavy (non-hydrogen) atoms. The van der Waals surface area contributed by atoms with Gasteiger partial charge in [0.2, 0.25) is 11.1 Å². The number of rotatable bonds is 7. The number of hydrogen-bond acceptors (Lipinski definition) is 5. The summed E-state index contributed by atoms with van der Waals surface area (Å²) >= 11 is 1.33. The summed E-state index contributed by atoms with van der Waals surface area (Å²) in [5.74, 6) is 1.14. The van der Waals surface area contributed by atoms with Crippen molar-refractivity contribution in [1.82, 2.24) is 25.5 Å². The molecule has 0 fully saturated rings. The van der Waals surface area contributed by atoms with E-state index >= 15 is 0 Å². The van der Waals surface area contributed by atoms with Gasteiger partial charge in [-0.05, 0) is 19.1 Å². The number of hydrogen-bond donors (Lipinski definition) is 2. The van der Waals surface area contributed by atoms with Gasteiger partial charge in [-0.15, -0.1) is 5.10 Å². The predicted molar refractivity (Wildman–Crippen MR) is 82.2 cm³/mol. The molecule has 7 heteroatoms. The smallest absolute Gasteiger partial charge is 0.230 e. The van der Waals surface area contributed by atoms with Crippen LogP contribution in [0, 0.1) is 6.92 Å². The highest BCUT2D eigenvalue weighted by Crippen LogP contribution is 2.11. The zero-order chi connectivity index (χ0) is 15.1. The maximum Gasteiger partial charge on any atom is 0.230 e. The normalized spacial score (nSPS) is 10.6. The molecule has 0 aliphatic carbocycles. The molecule has 0 saturated heterocycles.